The molecular weight excluding hydrogens is 286 g/mol. The van der Waals surface area contributed by atoms with Crippen LogP contribution in [0.5, 0.6) is 0 Å². The minimum absolute atomic E-state index is 0.343. The maximum atomic E-state index is 12.3. The molecule has 118 valence electrons. The van der Waals surface area contributed by atoms with E-state index in [1.165, 1.54) is 5.56 Å². The van der Waals surface area contributed by atoms with Crippen LogP contribution in [0.15, 0.2) is 23.1 Å². The number of benzene rings is 1. The van der Waals surface area contributed by atoms with E-state index < -0.39 is 10.0 Å². The van der Waals surface area contributed by atoms with Crippen molar-refractivity contribution in [2.24, 2.45) is 0 Å². The summed E-state index contributed by atoms with van der Waals surface area (Å²) in [6.45, 7) is 8.10. The van der Waals surface area contributed by atoms with Crippen molar-refractivity contribution in [2.45, 2.75) is 31.6 Å². The number of hydrogen-bond donors (Lipinski definition) is 2. The van der Waals surface area contributed by atoms with E-state index in [0.29, 0.717) is 11.4 Å². The molecule has 0 saturated heterocycles. The molecule has 1 aromatic carbocycles. The van der Waals surface area contributed by atoms with Gasteiger partial charge in [-0.2, -0.15) is 0 Å². The standard InChI is InChI=1S/C15H25N3O2S/c1-3-18(4-2)11-10-17-21(19,20)14-8-7-13-6-5-9-16-15(13)12-14/h7-8,12,16-17H,3-6,9-11H2,1-2H3. The zero-order valence-corrected chi connectivity index (χ0v) is 13.7. The van der Waals surface area contributed by atoms with Gasteiger partial charge in [0, 0.05) is 25.3 Å². The lowest BCUT2D eigenvalue weighted by molar-refractivity contribution is 0.309. The summed E-state index contributed by atoms with van der Waals surface area (Å²) in [6.07, 6.45) is 2.11. The summed E-state index contributed by atoms with van der Waals surface area (Å²) in [4.78, 5) is 2.53. The van der Waals surface area contributed by atoms with Gasteiger partial charge < -0.3 is 10.2 Å². The molecule has 2 N–H and O–H groups in total. The fourth-order valence-electron chi connectivity index (χ4n) is 2.57. The van der Waals surface area contributed by atoms with Crippen molar-refractivity contribution in [3.8, 4) is 0 Å². The van der Waals surface area contributed by atoms with E-state index in [9.17, 15) is 8.42 Å². The summed E-state index contributed by atoms with van der Waals surface area (Å²) in [5.41, 5.74) is 2.15. The number of likely N-dealkylation sites (N-methyl/N-ethyl adjacent to an activating group) is 1. The fraction of sp³-hybridized carbons (Fsp3) is 0.600. The van der Waals surface area contributed by atoms with Crippen LogP contribution in [-0.4, -0.2) is 46.0 Å². The van der Waals surface area contributed by atoms with E-state index in [0.717, 1.165) is 44.7 Å². The minimum atomic E-state index is -3.42. The molecule has 21 heavy (non-hydrogen) atoms. The Morgan fingerprint density at radius 2 is 2.05 bits per heavy atom. The molecule has 0 amide bonds. The molecule has 1 heterocycles. The minimum Gasteiger partial charge on any atom is -0.385 e. The van der Waals surface area contributed by atoms with Crippen molar-refractivity contribution in [3.63, 3.8) is 0 Å². The summed E-state index contributed by atoms with van der Waals surface area (Å²) < 4.78 is 27.3. The molecule has 1 aliphatic rings. The van der Waals surface area contributed by atoms with Crippen molar-refractivity contribution in [2.75, 3.05) is 38.0 Å². The summed E-state index contributed by atoms with van der Waals surface area (Å²) in [7, 11) is -3.42. The topological polar surface area (TPSA) is 61.4 Å². The third-order valence-corrected chi connectivity index (χ3v) is 5.40. The van der Waals surface area contributed by atoms with Gasteiger partial charge >= 0.3 is 0 Å². The van der Waals surface area contributed by atoms with Gasteiger partial charge in [-0.1, -0.05) is 19.9 Å². The van der Waals surface area contributed by atoms with E-state index >= 15 is 0 Å². The first-order valence-corrected chi connectivity index (χ1v) is 9.14. The lowest BCUT2D eigenvalue weighted by Gasteiger charge is -2.20. The van der Waals surface area contributed by atoms with Crippen molar-refractivity contribution in [3.05, 3.63) is 23.8 Å². The van der Waals surface area contributed by atoms with Crippen molar-refractivity contribution < 1.29 is 8.42 Å². The van der Waals surface area contributed by atoms with Crippen LogP contribution in [0.25, 0.3) is 0 Å². The van der Waals surface area contributed by atoms with Crippen molar-refractivity contribution in [1.82, 2.24) is 9.62 Å². The average Bonchev–Trinajstić information content (AvgIpc) is 2.51. The molecule has 0 saturated carbocycles. The molecule has 6 heteroatoms. The predicted octanol–water partition coefficient (Wildman–Crippen LogP) is 1.66. The van der Waals surface area contributed by atoms with Crippen LogP contribution in [-0.2, 0) is 16.4 Å². The maximum absolute atomic E-state index is 12.3. The molecule has 0 atom stereocenters. The van der Waals surface area contributed by atoms with Gasteiger partial charge in [-0.3, -0.25) is 0 Å². The number of aryl methyl sites for hydroxylation is 1. The Hall–Kier alpha value is -1.11. The lowest BCUT2D eigenvalue weighted by Crippen LogP contribution is -2.34. The Bertz CT molecular complexity index is 568. The summed E-state index contributed by atoms with van der Waals surface area (Å²) in [5.74, 6) is 0. The van der Waals surface area contributed by atoms with Crippen LogP contribution in [0, 0.1) is 0 Å². The van der Waals surface area contributed by atoms with Crippen LogP contribution in [0.3, 0.4) is 0 Å². The van der Waals surface area contributed by atoms with Gasteiger partial charge in [0.25, 0.3) is 0 Å². The lowest BCUT2D eigenvalue weighted by atomic mass is 10.0. The Balaban J connectivity index is 2.02. The molecule has 0 fully saturated rings. The number of nitrogens with zero attached hydrogens (tertiary/aromatic N) is 1. The second-order valence-corrected chi connectivity index (χ2v) is 7.04. The number of nitrogens with one attached hydrogen (secondary N) is 2. The number of fused-ring (bicyclic) bond motifs is 1. The van der Waals surface area contributed by atoms with Gasteiger partial charge in [0.1, 0.15) is 0 Å². The summed E-state index contributed by atoms with van der Waals surface area (Å²) in [5, 5.41) is 3.27. The van der Waals surface area contributed by atoms with E-state index in [4.69, 9.17) is 0 Å². The Morgan fingerprint density at radius 1 is 1.29 bits per heavy atom. The predicted molar refractivity (Wildman–Crippen MR) is 86.2 cm³/mol. The zero-order valence-electron chi connectivity index (χ0n) is 12.9. The molecule has 0 radical (unpaired) electrons. The van der Waals surface area contributed by atoms with Gasteiger partial charge in [0.2, 0.25) is 10.0 Å². The van der Waals surface area contributed by atoms with E-state index in [-0.39, 0.29) is 0 Å². The normalized spacial score (nSPS) is 14.8. The van der Waals surface area contributed by atoms with E-state index in [2.05, 4.69) is 28.8 Å². The van der Waals surface area contributed by atoms with Gasteiger partial charge in [0.15, 0.2) is 0 Å². The van der Waals surface area contributed by atoms with Crippen LogP contribution >= 0.6 is 0 Å². The molecule has 0 aromatic heterocycles. The second-order valence-electron chi connectivity index (χ2n) is 5.27. The molecule has 5 nitrogen and oxygen atoms in total. The third kappa shape index (κ3) is 4.18. The Kier molecular flexibility index (Phi) is 5.61. The maximum Gasteiger partial charge on any atom is 0.240 e. The molecule has 2 rings (SSSR count). The second kappa shape index (κ2) is 7.24. The largest absolute Gasteiger partial charge is 0.385 e. The highest BCUT2D eigenvalue weighted by Crippen LogP contribution is 2.24. The van der Waals surface area contributed by atoms with Gasteiger partial charge in [-0.25, -0.2) is 13.1 Å². The number of anilines is 1. The third-order valence-electron chi connectivity index (χ3n) is 3.94. The average molecular weight is 311 g/mol. The number of hydrogen-bond acceptors (Lipinski definition) is 4. The highest BCUT2D eigenvalue weighted by atomic mass is 32.2. The van der Waals surface area contributed by atoms with Crippen molar-refractivity contribution in [1.29, 1.82) is 0 Å². The number of rotatable bonds is 7. The fourth-order valence-corrected chi connectivity index (χ4v) is 3.62. The molecule has 0 bridgehead atoms. The highest BCUT2D eigenvalue weighted by Gasteiger charge is 2.17. The van der Waals surface area contributed by atoms with Gasteiger partial charge in [0.05, 0.1) is 4.90 Å². The molecule has 0 spiro atoms. The monoisotopic (exact) mass is 311 g/mol. The van der Waals surface area contributed by atoms with E-state index in [1.807, 2.05) is 6.07 Å². The van der Waals surface area contributed by atoms with Crippen LogP contribution in [0.2, 0.25) is 0 Å². The van der Waals surface area contributed by atoms with Gasteiger partial charge in [-0.05, 0) is 43.6 Å². The van der Waals surface area contributed by atoms with Crippen LogP contribution in [0.4, 0.5) is 5.69 Å². The smallest absolute Gasteiger partial charge is 0.240 e. The molecule has 0 aliphatic carbocycles. The Morgan fingerprint density at radius 3 is 2.76 bits per heavy atom. The van der Waals surface area contributed by atoms with Crippen LogP contribution < -0.4 is 10.0 Å². The first-order valence-electron chi connectivity index (χ1n) is 7.65. The molecule has 1 aromatic rings. The number of sulfonamides is 1. The highest BCUT2D eigenvalue weighted by molar-refractivity contribution is 7.89. The summed E-state index contributed by atoms with van der Waals surface area (Å²) >= 11 is 0. The molecule has 0 unspecified atom stereocenters. The van der Waals surface area contributed by atoms with Crippen LogP contribution in [0.1, 0.15) is 25.8 Å². The molecular formula is C15H25N3O2S. The zero-order chi connectivity index (χ0) is 15.3. The first-order chi connectivity index (χ1) is 10.1. The van der Waals surface area contributed by atoms with E-state index in [1.54, 1.807) is 12.1 Å². The van der Waals surface area contributed by atoms with Gasteiger partial charge in [-0.15, -0.1) is 0 Å². The molecule has 1 aliphatic heterocycles. The quantitative estimate of drug-likeness (QED) is 0.804. The first kappa shape index (κ1) is 16.3. The Labute approximate surface area is 127 Å². The van der Waals surface area contributed by atoms with Crippen molar-refractivity contribution >= 4 is 15.7 Å². The summed E-state index contributed by atoms with van der Waals surface area (Å²) in [6, 6.07) is 5.36. The SMILES string of the molecule is CCN(CC)CCNS(=O)(=O)c1ccc2c(c1)NCCC2.